The number of hydrogen-bond donors (Lipinski definition) is 1. The van der Waals surface area contributed by atoms with Gasteiger partial charge >= 0.3 is 0 Å². The second kappa shape index (κ2) is 5.53. The number of anilines is 1. The molecule has 1 saturated heterocycles. The number of hydrogen-bond acceptors (Lipinski definition) is 3. The van der Waals surface area contributed by atoms with Crippen LogP contribution in [0.4, 0.5) is 5.95 Å². The van der Waals surface area contributed by atoms with Crippen molar-refractivity contribution >= 4 is 5.95 Å². The van der Waals surface area contributed by atoms with Crippen molar-refractivity contribution in [3.8, 4) is 0 Å². The van der Waals surface area contributed by atoms with Gasteiger partial charge in [-0.2, -0.15) is 0 Å². The van der Waals surface area contributed by atoms with Gasteiger partial charge in [-0.05, 0) is 45.1 Å². The minimum atomic E-state index is 0.588. The van der Waals surface area contributed by atoms with E-state index in [0.717, 1.165) is 13.1 Å². The van der Waals surface area contributed by atoms with Crippen molar-refractivity contribution in [2.75, 3.05) is 18.0 Å². The highest BCUT2D eigenvalue weighted by molar-refractivity contribution is 5.34. The third-order valence-electron chi connectivity index (χ3n) is 4.94. The Morgan fingerprint density at radius 2 is 2.05 bits per heavy atom. The van der Waals surface area contributed by atoms with Crippen molar-refractivity contribution in [2.24, 2.45) is 11.7 Å². The molecule has 1 aliphatic carbocycles. The SMILES string of the molecule is CC1CCC(CN)CN1c1nccn1C1CCCC1. The topological polar surface area (TPSA) is 47.1 Å². The highest BCUT2D eigenvalue weighted by Crippen LogP contribution is 2.34. The van der Waals surface area contributed by atoms with E-state index in [2.05, 4.69) is 27.6 Å². The van der Waals surface area contributed by atoms with Crippen molar-refractivity contribution in [3.05, 3.63) is 12.4 Å². The summed E-state index contributed by atoms with van der Waals surface area (Å²) in [5.41, 5.74) is 5.87. The molecule has 1 aromatic rings. The number of nitrogens with two attached hydrogens (primary N) is 1. The van der Waals surface area contributed by atoms with E-state index in [-0.39, 0.29) is 0 Å². The van der Waals surface area contributed by atoms with Gasteiger partial charge in [-0.15, -0.1) is 0 Å². The van der Waals surface area contributed by atoms with Gasteiger partial charge < -0.3 is 15.2 Å². The molecule has 2 atom stereocenters. The van der Waals surface area contributed by atoms with E-state index in [4.69, 9.17) is 5.73 Å². The molecule has 3 rings (SSSR count). The lowest BCUT2D eigenvalue weighted by Crippen LogP contribution is -2.45. The maximum atomic E-state index is 5.87. The fourth-order valence-electron chi connectivity index (χ4n) is 3.65. The smallest absolute Gasteiger partial charge is 0.205 e. The second-order valence-electron chi connectivity index (χ2n) is 6.25. The van der Waals surface area contributed by atoms with Crippen LogP contribution in [0.25, 0.3) is 0 Å². The molecule has 2 heterocycles. The van der Waals surface area contributed by atoms with Gasteiger partial charge in [0.2, 0.25) is 5.95 Å². The molecule has 1 aromatic heterocycles. The lowest BCUT2D eigenvalue weighted by molar-refractivity contribution is 0.362. The van der Waals surface area contributed by atoms with Gasteiger partial charge in [-0.3, -0.25) is 0 Å². The minimum absolute atomic E-state index is 0.588. The number of rotatable bonds is 3. The van der Waals surface area contributed by atoms with Crippen LogP contribution >= 0.6 is 0 Å². The average Bonchev–Trinajstić information content (AvgIpc) is 3.09. The summed E-state index contributed by atoms with van der Waals surface area (Å²) in [5, 5.41) is 0. The summed E-state index contributed by atoms with van der Waals surface area (Å²) in [6.45, 7) is 4.19. The van der Waals surface area contributed by atoms with Crippen molar-refractivity contribution in [1.82, 2.24) is 9.55 Å². The van der Waals surface area contributed by atoms with Crippen LogP contribution in [0.15, 0.2) is 12.4 Å². The van der Waals surface area contributed by atoms with Gasteiger partial charge in [0.25, 0.3) is 0 Å². The van der Waals surface area contributed by atoms with Crippen LogP contribution in [0.1, 0.15) is 51.5 Å². The first-order valence-electron chi connectivity index (χ1n) is 7.79. The Morgan fingerprint density at radius 1 is 1.26 bits per heavy atom. The average molecular weight is 262 g/mol. The predicted molar refractivity (Wildman–Crippen MR) is 78.3 cm³/mol. The maximum Gasteiger partial charge on any atom is 0.205 e. The van der Waals surface area contributed by atoms with E-state index < -0.39 is 0 Å². The Bertz CT molecular complexity index is 408. The van der Waals surface area contributed by atoms with Gasteiger partial charge in [0.05, 0.1) is 0 Å². The van der Waals surface area contributed by atoms with Crippen LogP contribution < -0.4 is 10.6 Å². The molecule has 1 saturated carbocycles. The van der Waals surface area contributed by atoms with Crippen molar-refractivity contribution in [1.29, 1.82) is 0 Å². The van der Waals surface area contributed by atoms with Gasteiger partial charge in [-0.25, -0.2) is 4.98 Å². The first-order chi connectivity index (χ1) is 9.29. The Hall–Kier alpha value is -1.03. The summed E-state index contributed by atoms with van der Waals surface area (Å²) < 4.78 is 2.42. The third kappa shape index (κ3) is 2.50. The molecular formula is C15H26N4. The molecule has 2 fully saturated rings. The van der Waals surface area contributed by atoms with Crippen LogP contribution in [-0.4, -0.2) is 28.7 Å². The molecule has 0 aromatic carbocycles. The van der Waals surface area contributed by atoms with Gasteiger partial charge in [-0.1, -0.05) is 12.8 Å². The fraction of sp³-hybridized carbons (Fsp3) is 0.800. The van der Waals surface area contributed by atoms with Gasteiger partial charge in [0.1, 0.15) is 0 Å². The molecule has 4 heteroatoms. The van der Waals surface area contributed by atoms with Crippen LogP contribution in [0.3, 0.4) is 0 Å². The Balaban J connectivity index is 1.82. The van der Waals surface area contributed by atoms with Crippen LogP contribution in [0, 0.1) is 5.92 Å². The standard InChI is InChI=1S/C15H26N4/c1-12-6-7-13(10-16)11-19(12)15-17-8-9-18(15)14-4-2-3-5-14/h8-9,12-14H,2-7,10-11,16H2,1H3. The molecule has 0 spiro atoms. The van der Waals surface area contributed by atoms with Crippen molar-refractivity contribution in [2.45, 2.75) is 57.5 Å². The lowest BCUT2D eigenvalue weighted by Gasteiger charge is -2.39. The van der Waals surface area contributed by atoms with E-state index >= 15 is 0 Å². The van der Waals surface area contributed by atoms with Crippen LogP contribution in [0.2, 0.25) is 0 Å². The predicted octanol–water partition coefficient (Wildman–Crippen LogP) is 2.56. The summed E-state index contributed by atoms with van der Waals surface area (Å²) >= 11 is 0. The summed E-state index contributed by atoms with van der Waals surface area (Å²) in [7, 11) is 0. The molecule has 2 N–H and O–H groups in total. The summed E-state index contributed by atoms with van der Waals surface area (Å²) in [6.07, 6.45) is 12.0. The van der Waals surface area contributed by atoms with E-state index in [0.29, 0.717) is 18.0 Å². The zero-order valence-electron chi connectivity index (χ0n) is 12.0. The highest BCUT2D eigenvalue weighted by atomic mass is 15.3. The van der Waals surface area contributed by atoms with Gasteiger partial charge in [0.15, 0.2) is 0 Å². The quantitative estimate of drug-likeness (QED) is 0.910. The Labute approximate surface area is 116 Å². The second-order valence-corrected chi connectivity index (χ2v) is 6.25. The molecule has 2 unspecified atom stereocenters. The van der Waals surface area contributed by atoms with Crippen molar-refractivity contribution < 1.29 is 0 Å². The molecule has 19 heavy (non-hydrogen) atoms. The lowest BCUT2D eigenvalue weighted by atomic mass is 9.94. The first kappa shape index (κ1) is 13.0. The highest BCUT2D eigenvalue weighted by Gasteiger charge is 2.29. The molecule has 106 valence electrons. The first-order valence-corrected chi connectivity index (χ1v) is 7.79. The van der Waals surface area contributed by atoms with Gasteiger partial charge in [0, 0.05) is 31.0 Å². The monoisotopic (exact) mass is 262 g/mol. The summed E-state index contributed by atoms with van der Waals surface area (Å²) in [6, 6.07) is 1.26. The summed E-state index contributed by atoms with van der Waals surface area (Å²) in [5.74, 6) is 1.81. The number of imidazole rings is 1. The van der Waals surface area contributed by atoms with E-state index in [1.807, 2.05) is 6.20 Å². The van der Waals surface area contributed by atoms with Crippen molar-refractivity contribution in [3.63, 3.8) is 0 Å². The van der Waals surface area contributed by atoms with Crippen LogP contribution in [0.5, 0.6) is 0 Å². The fourth-order valence-corrected chi connectivity index (χ4v) is 3.65. The molecule has 0 bridgehead atoms. The normalized spacial score (nSPS) is 29.1. The number of aromatic nitrogens is 2. The molecule has 0 radical (unpaired) electrons. The largest absolute Gasteiger partial charge is 0.339 e. The third-order valence-corrected chi connectivity index (χ3v) is 4.94. The van der Waals surface area contributed by atoms with E-state index in [9.17, 15) is 0 Å². The molecule has 1 aliphatic heterocycles. The Kier molecular flexibility index (Phi) is 3.78. The molecule has 2 aliphatic rings. The maximum absolute atomic E-state index is 5.87. The van der Waals surface area contributed by atoms with E-state index in [1.165, 1.54) is 44.5 Å². The zero-order valence-corrected chi connectivity index (χ0v) is 12.0. The minimum Gasteiger partial charge on any atom is -0.339 e. The van der Waals surface area contributed by atoms with Crippen LogP contribution in [-0.2, 0) is 0 Å². The molecular weight excluding hydrogens is 236 g/mol. The molecule has 4 nitrogen and oxygen atoms in total. The number of piperidine rings is 1. The summed E-state index contributed by atoms with van der Waals surface area (Å²) in [4.78, 5) is 7.14. The van der Waals surface area contributed by atoms with E-state index in [1.54, 1.807) is 0 Å². The number of nitrogens with zero attached hydrogens (tertiary/aromatic N) is 3. The Morgan fingerprint density at radius 3 is 2.79 bits per heavy atom. The molecule has 0 amide bonds. The zero-order chi connectivity index (χ0) is 13.2.